The number of likely N-dealkylation sites (tertiary alicyclic amines) is 2. The van der Waals surface area contributed by atoms with Gasteiger partial charge < -0.3 is 15.1 Å². The average molecular weight is 461 g/mol. The molecule has 2 atom stereocenters. The molecule has 8 heteroatoms. The van der Waals surface area contributed by atoms with Crippen LogP contribution < -0.4 is 5.32 Å². The van der Waals surface area contributed by atoms with Crippen LogP contribution in [0.3, 0.4) is 0 Å². The zero-order valence-corrected chi connectivity index (χ0v) is 19.2. The van der Waals surface area contributed by atoms with Crippen molar-refractivity contribution >= 4 is 40.7 Å². The van der Waals surface area contributed by atoms with Crippen molar-refractivity contribution in [3.05, 3.63) is 57.3 Å². The molecule has 2 saturated heterocycles. The second-order valence-corrected chi connectivity index (χ2v) is 9.32. The number of pyridine rings is 1. The fourth-order valence-corrected chi connectivity index (χ4v) is 4.97. The lowest BCUT2D eigenvalue weighted by Crippen LogP contribution is -2.35. The van der Waals surface area contributed by atoms with E-state index in [0.717, 1.165) is 43.0 Å². The van der Waals surface area contributed by atoms with Gasteiger partial charge in [-0.1, -0.05) is 23.2 Å². The number of benzene rings is 1. The van der Waals surface area contributed by atoms with E-state index < -0.39 is 0 Å². The van der Waals surface area contributed by atoms with Gasteiger partial charge in [0.1, 0.15) is 0 Å². The first-order chi connectivity index (χ1) is 14.8. The molecular formula is C23H26Cl2N4O2. The number of rotatable bonds is 5. The summed E-state index contributed by atoms with van der Waals surface area (Å²) in [6, 6.07) is 6.95. The average Bonchev–Trinajstić information content (AvgIpc) is 3.28. The molecule has 4 rings (SSSR count). The van der Waals surface area contributed by atoms with Gasteiger partial charge in [-0.15, -0.1) is 0 Å². The third-order valence-electron chi connectivity index (χ3n) is 6.27. The second kappa shape index (κ2) is 9.15. The SMILES string of the molecule is Cc1ccnc(C)c1C(=O)N1CC2CN(CCC(=O)Nc3ccc(Cl)c(Cl)c3)CC2C1. The summed E-state index contributed by atoms with van der Waals surface area (Å²) in [7, 11) is 0. The van der Waals surface area contributed by atoms with Crippen LogP contribution in [0.15, 0.2) is 30.5 Å². The Balaban J connectivity index is 1.26. The predicted octanol–water partition coefficient (Wildman–Crippen LogP) is 4.04. The van der Waals surface area contributed by atoms with Crippen LogP contribution >= 0.6 is 23.2 Å². The summed E-state index contributed by atoms with van der Waals surface area (Å²) in [5, 5.41) is 3.75. The van der Waals surface area contributed by atoms with Crippen molar-refractivity contribution in [1.82, 2.24) is 14.8 Å². The molecule has 1 aromatic heterocycles. The number of aryl methyl sites for hydroxylation is 2. The lowest BCUT2D eigenvalue weighted by molar-refractivity contribution is -0.116. The first-order valence-corrected chi connectivity index (χ1v) is 11.3. The number of hydrogen-bond donors (Lipinski definition) is 1. The van der Waals surface area contributed by atoms with Crippen LogP contribution in [0.5, 0.6) is 0 Å². The number of nitrogens with zero attached hydrogens (tertiary/aromatic N) is 3. The molecule has 164 valence electrons. The lowest BCUT2D eigenvalue weighted by atomic mass is 10.0. The number of amides is 2. The summed E-state index contributed by atoms with van der Waals surface area (Å²) in [4.78, 5) is 33.9. The summed E-state index contributed by atoms with van der Waals surface area (Å²) in [6.45, 7) is 7.92. The van der Waals surface area contributed by atoms with E-state index in [0.29, 0.717) is 40.5 Å². The smallest absolute Gasteiger partial charge is 0.255 e. The zero-order chi connectivity index (χ0) is 22.1. The standard InChI is InChI=1S/C23H26Cl2N4O2/c1-14-5-7-26-15(2)22(14)23(31)29-12-16-10-28(11-17(16)13-29)8-6-21(30)27-18-3-4-19(24)20(25)9-18/h3-5,7,9,16-17H,6,8,10-13H2,1-2H3,(H,27,30). The van der Waals surface area contributed by atoms with E-state index >= 15 is 0 Å². The number of fused-ring (bicyclic) bond motifs is 1. The van der Waals surface area contributed by atoms with E-state index in [1.165, 1.54) is 0 Å². The van der Waals surface area contributed by atoms with Crippen molar-refractivity contribution in [3.8, 4) is 0 Å². The van der Waals surface area contributed by atoms with Crippen LogP contribution in [-0.2, 0) is 4.79 Å². The first kappa shape index (κ1) is 22.1. The molecule has 3 heterocycles. The van der Waals surface area contributed by atoms with Crippen molar-refractivity contribution < 1.29 is 9.59 Å². The Morgan fingerprint density at radius 1 is 1.06 bits per heavy atom. The molecule has 2 amide bonds. The number of anilines is 1. The third kappa shape index (κ3) is 4.86. The zero-order valence-electron chi connectivity index (χ0n) is 17.7. The molecule has 0 spiro atoms. The molecule has 0 saturated carbocycles. The quantitative estimate of drug-likeness (QED) is 0.730. The van der Waals surface area contributed by atoms with Gasteiger partial charge in [-0.05, 0) is 55.5 Å². The van der Waals surface area contributed by atoms with Crippen molar-refractivity contribution in [3.63, 3.8) is 0 Å². The van der Waals surface area contributed by atoms with Crippen molar-refractivity contribution in [2.24, 2.45) is 11.8 Å². The van der Waals surface area contributed by atoms with Crippen LogP contribution in [0.25, 0.3) is 0 Å². The molecule has 2 unspecified atom stereocenters. The number of carbonyl (C=O) groups excluding carboxylic acids is 2. The number of aromatic nitrogens is 1. The van der Waals surface area contributed by atoms with Gasteiger partial charge in [0, 0.05) is 51.0 Å². The highest BCUT2D eigenvalue weighted by Gasteiger charge is 2.42. The number of halogens is 2. The normalized spacial score (nSPS) is 20.7. The first-order valence-electron chi connectivity index (χ1n) is 10.5. The molecule has 2 fully saturated rings. The Kier molecular flexibility index (Phi) is 6.51. The largest absolute Gasteiger partial charge is 0.338 e. The fraction of sp³-hybridized carbons (Fsp3) is 0.435. The molecule has 31 heavy (non-hydrogen) atoms. The van der Waals surface area contributed by atoms with Gasteiger partial charge in [0.05, 0.1) is 21.3 Å². The van der Waals surface area contributed by atoms with Crippen molar-refractivity contribution in [2.45, 2.75) is 20.3 Å². The molecule has 2 aliphatic heterocycles. The summed E-state index contributed by atoms with van der Waals surface area (Å²) in [5.41, 5.74) is 3.15. The Labute approximate surface area is 192 Å². The fourth-order valence-electron chi connectivity index (χ4n) is 4.67. The molecular weight excluding hydrogens is 435 g/mol. The van der Waals surface area contributed by atoms with E-state index in [4.69, 9.17) is 23.2 Å². The van der Waals surface area contributed by atoms with Crippen LogP contribution in [-0.4, -0.2) is 59.3 Å². The van der Waals surface area contributed by atoms with Gasteiger partial charge in [-0.25, -0.2) is 0 Å². The maximum atomic E-state index is 13.0. The number of hydrogen-bond acceptors (Lipinski definition) is 4. The van der Waals surface area contributed by atoms with Gasteiger partial charge in [-0.3, -0.25) is 14.6 Å². The highest BCUT2D eigenvalue weighted by atomic mass is 35.5. The van der Waals surface area contributed by atoms with Crippen LogP contribution in [0.1, 0.15) is 28.0 Å². The minimum atomic E-state index is -0.0465. The molecule has 2 aromatic rings. The third-order valence-corrected chi connectivity index (χ3v) is 7.01. The van der Waals surface area contributed by atoms with Crippen LogP contribution in [0, 0.1) is 25.7 Å². The van der Waals surface area contributed by atoms with Gasteiger partial charge in [0.15, 0.2) is 0 Å². The van der Waals surface area contributed by atoms with E-state index in [9.17, 15) is 9.59 Å². The van der Waals surface area contributed by atoms with Crippen molar-refractivity contribution in [1.29, 1.82) is 0 Å². The molecule has 0 bridgehead atoms. The van der Waals surface area contributed by atoms with Crippen LogP contribution in [0.4, 0.5) is 5.69 Å². The Hall–Kier alpha value is -2.15. The van der Waals surface area contributed by atoms with Crippen LogP contribution in [0.2, 0.25) is 10.0 Å². The number of nitrogens with one attached hydrogen (secondary N) is 1. The molecule has 0 aliphatic carbocycles. The molecule has 2 aliphatic rings. The monoisotopic (exact) mass is 460 g/mol. The Bertz CT molecular complexity index is 979. The molecule has 6 nitrogen and oxygen atoms in total. The highest BCUT2D eigenvalue weighted by molar-refractivity contribution is 6.42. The minimum absolute atomic E-state index is 0.0465. The Morgan fingerprint density at radius 2 is 1.77 bits per heavy atom. The molecule has 1 aromatic carbocycles. The van der Waals surface area contributed by atoms with Gasteiger partial charge in [-0.2, -0.15) is 0 Å². The maximum absolute atomic E-state index is 13.0. The van der Waals surface area contributed by atoms with E-state index in [1.54, 1.807) is 24.4 Å². The van der Waals surface area contributed by atoms with E-state index in [2.05, 4.69) is 15.2 Å². The predicted molar refractivity (Wildman–Crippen MR) is 123 cm³/mol. The maximum Gasteiger partial charge on any atom is 0.255 e. The minimum Gasteiger partial charge on any atom is -0.338 e. The summed E-state index contributed by atoms with van der Waals surface area (Å²) < 4.78 is 0. The number of carbonyl (C=O) groups is 2. The second-order valence-electron chi connectivity index (χ2n) is 8.51. The highest BCUT2D eigenvalue weighted by Crippen LogP contribution is 2.32. The van der Waals surface area contributed by atoms with Gasteiger partial charge in [0.2, 0.25) is 5.91 Å². The molecule has 0 radical (unpaired) electrons. The van der Waals surface area contributed by atoms with E-state index in [-0.39, 0.29) is 11.8 Å². The summed E-state index contributed by atoms with van der Waals surface area (Å²) >= 11 is 11.9. The lowest BCUT2D eigenvalue weighted by Gasteiger charge is -2.22. The summed E-state index contributed by atoms with van der Waals surface area (Å²) in [6.07, 6.45) is 2.16. The topological polar surface area (TPSA) is 65.5 Å². The molecule has 1 N–H and O–H groups in total. The Morgan fingerprint density at radius 3 is 2.42 bits per heavy atom. The summed E-state index contributed by atoms with van der Waals surface area (Å²) in [5.74, 6) is 0.957. The van der Waals surface area contributed by atoms with Gasteiger partial charge >= 0.3 is 0 Å². The van der Waals surface area contributed by atoms with E-state index in [1.807, 2.05) is 24.8 Å². The van der Waals surface area contributed by atoms with Crippen molar-refractivity contribution in [2.75, 3.05) is 38.0 Å². The van der Waals surface area contributed by atoms with Gasteiger partial charge in [0.25, 0.3) is 5.91 Å².